The summed E-state index contributed by atoms with van der Waals surface area (Å²) >= 11 is 6.08. The van der Waals surface area contributed by atoms with Gasteiger partial charge in [0, 0.05) is 24.0 Å². The van der Waals surface area contributed by atoms with Gasteiger partial charge in [0.15, 0.2) is 5.96 Å². The smallest absolute Gasteiger partial charge is 0.191 e. The number of hydrogen-bond donors (Lipinski definition) is 2. The molecule has 0 fully saturated rings. The highest BCUT2D eigenvalue weighted by Gasteiger charge is 2.21. The molecule has 4 nitrogen and oxygen atoms in total. The van der Waals surface area contributed by atoms with Crippen LogP contribution in [0.15, 0.2) is 52.1 Å². The van der Waals surface area contributed by atoms with E-state index < -0.39 is 0 Å². The predicted molar refractivity (Wildman–Crippen MR) is 107 cm³/mol. The van der Waals surface area contributed by atoms with Crippen LogP contribution in [0.5, 0.6) is 0 Å². The summed E-state index contributed by atoms with van der Waals surface area (Å²) in [4.78, 5) is 4.23. The van der Waals surface area contributed by atoms with Gasteiger partial charge in [0.2, 0.25) is 0 Å². The average Bonchev–Trinajstić information content (AvgIpc) is 3.01. The standard InChI is InChI=1S/C17H22ClN3O.HI/c1-17(2,13-6-4-7-14(18)10-13)12-21-16(19-3)20-11-15-8-5-9-22-15;/h4-10H,11-12H2,1-3H3,(H2,19,20,21);1H. The van der Waals surface area contributed by atoms with Gasteiger partial charge < -0.3 is 15.1 Å². The Morgan fingerprint density at radius 1 is 1.22 bits per heavy atom. The third kappa shape index (κ3) is 6.06. The van der Waals surface area contributed by atoms with Crippen LogP contribution >= 0.6 is 35.6 Å². The van der Waals surface area contributed by atoms with Crippen LogP contribution in [-0.4, -0.2) is 19.6 Å². The SMILES string of the molecule is CN=C(NCc1ccco1)NCC(C)(C)c1cccc(Cl)c1.I. The fourth-order valence-electron chi connectivity index (χ4n) is 2.12. The summed E-state index contributed by atoms with van der Waals surface area (Å²) in [5, 5.41) is 7.33. The number of rotatable bonds is 5. The maximum absolute atomic E-state index is 6.08. The highest BCUT2D eigenvalue weighted by molar-refractivity contribution is 14.0. The zero-order chi connectivity index (χ0) is 16.0. The molecular weight excluding hydrogens is 425 g/mol. The lowest BCUT2D eigenvalue weighted by Gasteiger charge is -2.27. The number of benzene rings is 1. The molecule has 0 aliphatic rings. The highest BCUT2D eigenvalue weighted by Crippen LogP contribution is 2.24. The van der Waals surface area contributed by atoms with Crippen molar-refractivity contribution in [2.45, 2.75) is 25.8 Å². The first-order valence-corrected chi connectivity index (χ1v) is 7.62. The van der Waals surface area contributed by atoms with E-state index in [1.54, 1.807) is 13.3 Å². The minimum atomic E-state index is -0.0623. The summed E-state index contributed by atoms with van der Waals surface area (Å²) in [6.45, 7) is 5.69. The fourth-order valence-corrected chi connectivity index (χ4v) is 2.31. The van der Waals surface area contributed by atoms with Crippen molar-refractivity contribution in [1.82, 2.24) is 10.6 Å². The maximum atomic E-state index is 6.08. The summed E-state index contributed by atoms with van der Waals surface area (Å²) in [6.07, 6.45) is 1.66. The lowest BCUT2D eigenvalue weighted by atomic mass is 9.84. The third-order valence-corrected chi connectivity index (χ3v) is 3.77. The van der Waals surface area contributed by atoms with Crippen LogP contribution in [0.4, 0.5) is 0 Å². The van der Waals surface area contributed by atoms with Crippen molar-refractivity contribution in [2.24, 2.45) is 4.99 Å². The summed E-state index contributed by atoms with van der Waals surface area (Å²) in [5.41, 5.74) is 1.13. The Labute approximate surface area is 159 Å². The lowest BCUT2D eigenvalue weighted by Crippen LogP contribution is -2.43. The van der Waals surface area contributed by atoms with E-state index in [4.69, 9.17) is 16.0 Å². The summed E-state index contributed by atoms with van der Waals surface area (Å²) < 4.78 is 5.30. The van der Waals surface area contributed by atoms with Crippen LogP contribution < -0.4 is 10.6 Å². The van der Waals surface area contributed by atoms with E-state index in [1.807, 2.05) is 30.3 Å². The van der Waals surface area contributed by atoms with Crippen molar-refractivity contribution in [3.63, 3.8) is 0 Å². The van der Waals surface area contributed by atoms with Crippen LogP contribution in [0.25, 0.3) is 0 Å². The van der Waals surface area contributed by atoms with Crippen LogP contribution in [0.2, 0.25) is 5.02 Å². The fraction of sp³-hybridized carbons (Fsp3) is 0.353. The first kappa shape index (κ1) is 19.8. The Hall–Kier alpha value is -1.21. The number of nitrogens with one attached hydrogen (secondary N) is 2. The van der Waals surface area contributed by atoms with Gasteiger partial charge in [-0.15, -0.1) is 24.0 Å². The molecule has 1 aromatic carbocycles. The monoisotopic (exact) mass is 447 g/mol. The Kier molecular flexibility index (Phi) is 7.91. The van der Waals surface area contributed by atoms with E-state index in [0.717, 1.165) is 23.3 Å². The second kappa shape index (κ2) is 9.17. The molecule has 2 rings (SSSR count). The number of aliphatic imine (C=N–C) groups is 1. The highest BCUT2D eigenvalue weighted by atomic mass is 127. The van der Waals surface area contributed by atoms with Gasteiger partial charge in [-0.2, -0.15) is 0 Å². The van der Waals surface area contributed by atoms with E-state index in [2.05, 4.69) is 35.5 Å². The molecule has 0 bridgehead atoms. The Balaban J connectivity index is 0.00000264. The zero-order valence-corrected chi connectivity index (χ0v) is 16.7. The Morgan fingerprint density at radius 2 is 2.00 bits per heavy atom. The first-order valence-electron chi connectivity index (χ1n) is 7.24. The topological polar surface area (TPSA) is 49.6 Å². The molecule has 2 aromatic rings. The van der Waals surface area contributed by atoms with E-state index in [0.29, 0.717) is 6.54 Å². The average molecular weight is 448 g/mol. The minimum absolute atomic E-state index is 0. The Morgan fingerprint density at radius 3 is 2.61 bits per heavy atom. The van der Waals surface area contributed by atoms with Gasteiger partial charge in [0.05, 0.1) is 12.8 Å². The molecule has 0 aliphatic carbocycles. The van der Waals surface area contributed by atoms with Gasteiger partial charge in [-0.05, 0) is 29.8 Å². The number of guanidine groups is 1. The molecular formula is C17H23ClIN3O. The van der Waals surface area contributed by atoms with Gasteiger partial charge in [-0.3, -0.25) is 4.99 Å². The quantitative estimate of drug-likeness (QED) is 0.410. The van der Waals surface area contributed by atoms with E-state index >= 15 is 0 Å². The maximum Gasteiger partial charge on any atom is 0.191 e. The van der Waals surface area contributed by atoms with E-state index in [1.165, 1.54) is 5.56 Å². The Bertz CT molecular complexity index is 627. The lowest BCUT2D eigenvalue weighted by molar-refractivity contribution is 0.492. The second-order valence-electron chi connectivity index (χ2n) is 5.75. The molecule has 0 unspecified atom stereocenters. The molecule has 6 heteroatoms. The van der Waals surface area contributed by atoms with Gasteiger partial charge in [0.1, 0.15) is 5.76 Å². The summed E-state index contributed by atoms with van der Waals surface area (Å²) in [6, 6.07) is 11.8. The molecule has 0 spiro atoms. The molecule has 1 aromatic heterocycles. The van der Waals surface area contributed by atoms with E-state index in [9.17, 15) is 0 Å². The largest absolute Gasteiger partial charge is 0.467 e. The molecule has 126 valence electrons. The molecule has 1 heterocycles. The molecule has 2 N–H and O–H groups in total. The normalized spacial score (nSPS) is 11.7. The summed E-state index contributed by atoms with van der Waals surface area (Å²) in [5.74, 6) is 1.61. The van der Waals surface area contributed by atoms with Gasteiger partial charge in [-0.25, -0.2) is 0 Å². The van der Waals surface area contributed by atoms with Gasteiger partial charge in [-0.1, -0.05) is 37.6 Å². The van der Waals surface area contributed by atoms with Crippen LogP contribution in [0.1, 0.15) is 25.2 Å². The second-order valence-corrected chi connectivity index (χ2v) is 6.19. The molecule has 0 saturated heterocycles. The van der Waals surface area contributed by atoms with Crippen molar-refractivity contribution in [1.29, 1.82) is 0 Å². The van der Waals surface area contributed by atoms with Crippen molar-refractivity contribution >= 4 is 41.5 Å². The van der Waals surface area contributed by atoms with Crippen molar-refractivity contribution in [3.8, 4) is 0 Å². The first-order chi connectivity index (χ1) is 10.5. The molecule has 0 atom stereocenters. The van der Waals surface area contributed by atoms with Gasteiger partial charge in [0.25, 0.3) is 0 Å². The minimum Gasteiger partial charge on any atom is -0.467 e. The number of hydrogen-bond acceptors (Lipinski definition) is 2. The van der Waals surface area contributed by atoms with E-state index in [-0.39, 0.29) is 29.4 Å². The van der Waals surface area contributed by atoms with Crippen LogP contribution in [0.3, 0.4) is 0 Å². The summed E-state index contributed by atoms with van der Waals surface area (Å²) in [7, 11) is 1.75. The molecule has 0 aliphatic heterocycles. The number of nitrogens with zero attached hydrogens (tertiary/aromatic N) is 1. The third-order valence-electron chi connectivity index (χ3n) is 3.54. The van der Waals surface area contributed by atoms with Gasteiger partial charge >= 0.3 is 0 Å². The van der Waals surface area contributed by atoms with Crippen molar-refractivity contribution in [3.05, 3.63) is 59.0 Å². The van der Waals surface area contributed by atoms with Crippen molar-refractivity contribution < 1.29 is 4.42 Å². The molecule has 0 amide bonds. The van der Waals surface area contributed by atoms with Crippen LogP contribution in [0, 0.1) is 0 Å². The number of halogens is 2. The molecule has 0 radical (unpaired) electrons. The van der Waals surface area contributed by atoms with Crippen LogP contribution in [-0.2, 0) is 12.0 Å². The molecule has 23 heavy (non-hydrogen) atoms. The number of furan rings is 1. The molecule has 0 saturated carbocycles. The predicted octanol–water partition coefficient (Wildman–Crippen LogP) is 4.19. The van der Waals surface area contributed by atoms with Crippen molar-refractivity contribution in [2.75, 3.05) is 13.6 Å². The zero-order valence-electron chi connectivity index (χ0n) is 13.6.